The van der Waals surface area contributed by atoms with Gasteiger partial charge in [0.1, 0.15) is 39.4 Å². The largest absolute Gasteiger partial charge is 0.383 e. The third-order valence-electron chi connectivity index (χ3n) is 4.71. The smallest absolute Gasteiger partial charge is 0.267 e. The Morgan fingerprint density at radius 1 is 1.16 bits per heavy atom. The molecule has 32 heavy (non-hydrogen) atoms. The van der Waals surface area contributed by atoms with Gasteiger partial charge >= 0.3 is 0 Å². The minimum atomic E-state index is -0.834. The van der Waals surface area contributed by atoms with Crippen LogP contribution in [0.3, 0.4) is 0 Å². The first-order valence-electron chi connectivity index (χ1n) is 9.39. The maximum Gasteiger partial charge on any atom is 0.267 e. The number of nitrogen functional groups attached to an aromatic ring is 1. The summed E-state index contributed by atoms with van der Waals surface area (Å²) in [6.07, 6.45) is 0. The number of aromatic nitrogens is 4. The van der Waals surface area contributed by atoms with Crippen LogP contribution in [0.4, 0.5) is 20.4 Å². The van der Waals surface area contributed by atoms with Crippen molar-refractivity contribution in [3.8, 4) is 5.69 Å². The summed E-state index contributed by atoms with van der Waals surface area (Å²) in [5.74, 6) is -0.436. The van der Waals surface area contributed by atoms with Gasteiger partial charge in [-0.1, -0.05) is 17.7 Å². The molecule has 1 atom stereocenters. The normalized spacial score (nSPS) is 12.2. The Balaban J connectivity index is 1.97. The molecule has 0 radical (unpaired) electrons. The van der Waals surface area contributed by atoms with Gasteiger partial charge in [0.2, 0.25) is 0 Å². The zero-order valence-corrected chi connectivity index (χ0v) is 19.2. The van der Waals surface area contributed by atoms with E-state index >= 15 is 0 Å². The summed E-state index contributed by atoms with van der Waals surface area (Å²) >= 11 is 9.59. The number of benzene rings is 2. The van der Waals surface area contributed by atoms with Gasteiger partial charge in [-0.3, -0.25) is 9.36 Å². The topological polar surface area (TPSA) is 98.7 Å². The van der Waals surface area contributed by atoms with Crippen molar-refractivity contribution in [2.75, 3.05) is 11.1 Å². The highest BCUT2D eigenvalue weighted by Crippen LogP contribution is 2.30. The van der Waals surface area contributed by atoms with Crippen LogP contribution in [-0.2, 0) is 0 Å². The molecule has 0 saturated heterocycles. The minimum absolute atomic E-state index is 0.0251. The van der Waals surface area contributed by atoms with Gasteiger partial charge in [-0.15, -0.1) is 0 Å². The zero-order chi connectivity index (χ0) is 23.2. The fourth-order valence-corrected chi connectivity index (χ4v) is 3.90. The highest BCUT2D eigenvalue weighted by Gasteiger charge is 2.22. The lowest BCUT2D eigenvalue weighted by atomic mass is 10.2. The van der Waals surface area contributed by atoms with Crippen molar-refractivity contribution < 1.29 is 8.78 Å². The second-order valence-electron chi connectivity index (χ2n) is 7.06. The summed E-state index contributed by atoms with van der Waals surface area (Å²) in [4.78, 5) is 26.4. The van der Waals surface area contributed by atoms with E-state index in [0.29, 0.717) is 21.6 Å². The van der Waals surface area contributed by atoms with E-state index in [9.17, 15) is 13.6 Å². The first-order valence-corrected chi connectivity index (χ1v) is 10.6. The Bertz CT molecular complexity index is 1410. The third kappa shape index (κ3) is 4.03. The molecule has 2 aromatic heterocycles. The fraction of sp³-hybridized carbons (Fsp3) is 0.143. The van der Waals surface area contributed by atoms with Crippen LogP contribution in [-0.4, -0.2) is 19.5 Å². The number of anilines is 2. The van der Waals surface area contributed by atoms with E-state index in [1.807, 2.05) is 0 Å². The maximum absolute atomic E-state index is 14.0. The maximum atomic E-state index is 14.0. The summed E-state index contributed by atoms with van der Waals surface area (Å²) in [6.45, 7) is 3.41. The minimum Gasteiger partial charge on any atom is -0.383 e. The van der Waals surface area contributed by atoms with Crippen molar-refractivity contribution >= 4 is 50.1 Å². The molecule has 0 fully saturated rings. The molecule has 0 spiro atoms. The molecule has 0 aliphatic carbocycles. The van der Waals surface area contributed by atoms with Crippen LogP contribution in [0.25, 0.3) is 16.6 Å². The first-order chi connectivity index (χ1) is 15.2. The number of halogens is 4. The van der Waals surface area contributed by atoms with Gasteiger partial charge in [0, 0.05) is 6.07 Å². The molecule has 4 aromatic rings. The van der Waals surface area contributed by atoms with E-state index in [-0.39, 0.29) is 27.7 Å². The van der Waals surface area contributed by atoms with Gasteiger partial charge < -0.3 is 11.1 Å². The van der Waals surface area contributed by atoms with Crippen LogP contribution in [0.1, 0.15) is 24.6 Å². The fourth-order valence-electron chi connectivity index (χ4n) is 3.36. The van der Waals surface area contributed by atoms with E-state index in [1.165, 1.54) is 0 Å². The number of nitrogens with zero attached hydrogens (tertiary/aromatic N) is 4. The zero-order valence-electron chi connectivity index (χ0n) is 16.8. The number of aryl methyl sites for hydroxylation is 1. The molecule has 2 aromatic carbocycles. The first kappa shape index (κ1) is 22.1. The molecular weight excluding hydrogens is 506 g/mol. The van der Waals surface area contributed by atoms with Crippen LogP contribution in [0.5, 0.6) is 0 Å². The van der Waals surface area contributed by atoms with E-state index in [4.69, 9.17) is 17.3 Å². The van der Waals surface area contributed by atoms with E-state index < -0.39 is 23.2 Å². The molecule has 2 heterocycles. The molecule has 7 nitrogen and oxygen atoms in total. The van der Waals surface area contributed by atoms with Crippen LogP contribution < -0.4 is 16.6 Å². The number of nitrogens with one attached hydrogen (secondary N) is 1. The lowest BCUT2D eigenvalue weighted by Crippen LogP contribution is -2.28. The predicted molar refractivity (Wildman–Crippen MR) is 123 cm³/mol. The molecule has 1 unspecified atom stereocenters. The second-order valence-corrected chi connectivity index (χ2v) is 8.26. The summed E-state index contributed by atoms with van der Waals surface area (Å²) in [5.41, 5.74) is 5.65. The molecule has 3 N–H and O–H groups in total. The monoisotopic (exact) mass is 520 g/mol. The second kappa shape index (κ2) is 8.44. The van der Waals surface area contributed by atoms with E-state index in [2.05, 4.69) is 36.2 Å². The van der Waals surface area contributed by atoms with Gasteiger partial charge in [-0.05, 0) is 54.0 Å². The van der Waals surface area contributed by atoms with Crippen molar-refractivity contribution in [1.29, 1.82) is 0 Å². The Morgan fingerprint density at radius 3 is 2.53 bits per heavy atom. The molecule has 11 heteroatoms. The van der Waals surface area contributed by atoms with Gasteiger partial charge in [0.05, 0.1) is 27.7 Å². The highest BCUT2D eigenvalue weighted by atomic mass is 79.9. The van der Waals surface area contributed by atoms with Gasteiger partial charge in [0.15, 0.2) is 0 Å². The van der Waals surface area contributed by atoms with Crippen LogP contribution in [0, 0.1) is 18.6 Å². The van der Waals surface area contributed by atoms with E-state index in [1.54, 1.807) is 32.0 Å². The average Bonchev–Trinajstić information content (AvgIpc) is 2.70. The Kier molecular flexibility index (Phi) is 5.83. The summed E-state index contributed by atoms with van der Waals surface area (Å²) in [7, 11) is 0. The standard InChI is InChI=1S/C21H16BrClF2N6O/c1-9(27-19-17(22)18(26)28-10(2)29-19)20-30-15-5-3-4-14(23)16(15)21(32)31(20)13-7-11(24)6-12(25)8-13/h3-9H,1-2H3,(H3,26,27,28,29). The van der Waals surface area contributed by atoms with Crippen LogP contribution >= 0.6 is 27.5 Å². The van der Waals surface area contributed by atoms with Crippen molar-refractivity contribution in [2.24, 2.45) is 0 Å². The highest BCUT2D eigenvalue weighted by molar-refractivity contribution is 9.10. The average molecular weight is 522 g/mol. The Hall–Kier alpha value is -3.11. The van der Waals surface area contributed by atoms with Gasteiger partial charge in [0.25, 0.3) is 5.56 Å². The molecule has 164 valence electrons. The third-order valence-corrected chi connectivity index (χ3v) is 5.80. The lowest BCUT2D eigenvalue weighted by Gasteiger charge is -2.21. The Labute approximate surface area is 194 Å². The number of fused-ring (bicyclic) bond motifs is 1. The Morgan fingerprint density at radius 2 is 1.84 bits per heavy atom. The van der Waals surface area contributed by atoms with Crippen LogP contribution in [0.2, 0.25) is 5.02 Å². The molecule has 0 amide bonds. The summed E-state index contributed by atoms with van der Waals surface area (Å²) < 4.78 is 29.6. The quantitative estimate of drug-likeness (QED) is 0.395. The van der Waals surface area contributed by atoms with Crippen molar-refractivity contribution in [3.05, 3.63) is 79.5 Å². The van der Waals surface area contributed by atoms with Crippen molar-refractivity contribution in [1.82, 2.24) is 19.5 Å². The number of hydrogen-bond donors (Lipinski definition) is 2. The summed E-state index contributed by atoms with van der Waals surface area (Å²) in [5, 5.41) is 3.45. The predicted octanol–water partition coefficient (Wildman–Crippen LogP) is 4.93. The SMILES string of the molecule is Cc1nc(N)c(Br)c(NC(C)c2nc3cccc(Cl)c3c(=O)n2-c2cc(F)cc(F)c2)n1. The number of hydrogen-bond acceptors (Lipinski definition) is 6. The number of rotatable bonds is 4. The molecular formula is C21H16BrClF2N6O. The molecule has 0 aliphatic rings. The van der Waals surface area contributed by atoms with Crippen molar-refractivity contribution in [3.63, 3.8) is 0 Å². The molecule has 0 saturated carbocycles. The van der Waals surface area contributed by atoms with Gasteiger partial charge in [-0.2, -0.15) is 0 Å². The van der Waals surface area contributed by atoms with Gasteiger partial charge in [-0.25, -0.2) is 23.7 Å². The summed E-state index contributed by atoms with van der Waals surface area (Å²) in [6, 6.07) is 7.04. The van der Waals surface area contributed by atoms with Crippen LogP contribution in [0.15, 0.2) is 45.7 Å². The molecule has 0 aliphatic heterocycles. The molecule has 4 rings (SSSR count). The van der Waals surface area contributed by atoms with E-state index in [0.717, 1.165) is 22.8 Å². The molecule has 0 bridgehead atoms. The number of nitrogens with two attached hydrogens (primary N) is 1. The lowest BCUT2D eigenvalue weighted by molar-refractivity contribution is 0.579. The van der Waals surface area contributed by atoms with Crippen molar-refractivity contribution in [2.45, 2.75) is 19.9 Å².